The number of carbonyl (C=O) groups excluding carboxylic acids is 2. The quantitative estimate of drug-likeness (QED) is 0.639. The molecule has 0 heterocycles. The second-order valence-electron chi connectivity index (χ2n) is 4.55. The van der Waals surface area contributed by atoms with Gasteiger partial charge in [0.05, 0.1) is 12.6 Å². The first-order valence-corrected chi connectivity index (χ1v) is 5.83. The van der Waals surface area contributed by atoms with E-state index in [-0.39, 0.29) is 17.6 Å². The molecule has 4 heteroatoms. The number of hydrogen-bond acceptors (Lipinski definition) is 4. The van der Waals surface area contributed by atoms with E-state index in [1.54, 1.807) is 13.8 Å². The van der Waals surface area contributed by atoms with Crippen LogP contribution in [0.2, 0.25) is 0 Å². The highest BCUT2D eigenvalue weighted by atomic mass is 16.1. The van der Waals surface area contributed by atoms with E-state index in [1.807, 2.05) is 20.8 Å². The fraction of sp³-hybridized carbons (Fsp3) is 0.692. The fourth-order valence-electron chi connectivity index (χ4n) is 1.53. The van der Waals surface area contributed by atoms with Gasteiger partial charge in [-0.15, -0.1) is 0 Å². The summed E-state index contributed by atoms with van der Waals surface area (Å²) in [6, 6.07) is 0.0521. The Bertz CT molecular complexity index is 343. The van der Waals surface area contributed by atoms with Gasteiger partial charge < -0.3 is 0 Å². The minimum atomic E-state index is 0.0521. The van der Waals surface area contributed by atoms with Gasteiger partial charge >= 0.3 is 0 Å². The molecule has 0 aliphatic carbocycles. The van der Waals surface area contributed by atoms with Crippen molar-refractivity contribution in [3.05, 3.63) is 0 Å². The third kappa shape index (κ3) is 9.60. The van der Waals surface area contributed by atoms with Crippen molar-refractivity contribution in [2.75, 3.05) is 6.54 Å². The van der Waals surface area contributed by atoms with Crippen molar-refractivity contribution in [3.8, 4) is 0 Å². The van der Waals surface area contributed by atoms with E-state index in [0.29, 0.717) is 19.4 Å². The Labute approximate surface area is 103 Å². The molecular weight excluding hydrogens is 216 g/mol. The highest BCUT2D eigenvalue weighted by Crippen LogP contribution is 1.98. The SMILES string of the molecule is CC(=O)CC(C)=NCC(C)N=C(C)CC(C)=O. The van der Waals surface area contributed by atoms with Gasteiger partial charge in [-0.05, 0) is 34.6 Å². The van der Waals surface area contributed by atoms with Crippen LogP contribution in [0, 0.1) is 0 Å². The van der Waals surface area contributed by atoms with Crippen LogP contribution in [0.25, 0.3) is 0 Å². The van der Waals surface area contributed by atoms with Crippen LogP contribution in [0.5, 0.6) is 0 Å². The third-order valence-electron chi connectivity index (χ3n) is 2.08. The van der Waals surface area contributed by atoms with Crippen LogP contribution in [-0.2, 0) is 9.59 Å². The molecule has 0 radical (unpaired) electrons. The summed E-state index contributed by atoms with van der Waals surface area (Å²) in [6.07, 6.45) is 0.809. The van der Waals surface area contributed by atoms with Crippen molar-refractivity contribution < 1.29 is 9.59 Å². The average Bonchev–Trinajstić information content (AvgIpc) is 2.12. The number of Topliss-reactive ketones (excluding diaryl/α,β-unsaturated/α-hetero) is 2. The lowest BCUT2D eigenvalue weighted by atomic mass is 10.2. The lowest BCUT2D eigenvalue weighted by molar-refractivity contribution is -0.116. The molecule has 0 N–H and O–H groups in total. The topological polar surface area (TPSA) is 58.9 Å². The first-order chi connectivity index (χ1) is 7.81. The molecule has 0 fully saturated rings. The van der Waals surface area contributed by atoms with Crippen LogP contribution in [0.15, 0.2) is 9.98 Å². The van der Waals surface area contributed by atoms with Gasteiger partial charge in [-0.25, -0.2) is 0 Å². The molecule has 0 bridgehead atoms. The number of rotatable bonds is 7. The van der Waals surface area contributed by atoms with Crippen molar-refractivity contribution >= 4 is 23.0 Å². The predicted octanol–water partition coefficient (Wildman–Crippen LogP) is 2.25. The van der Waals surface area contributed by atoms with E-state index in [2.05, 4.69) is 9.98 Å². The summed E-state index contributed by atoms with van der Waals surface area (Å²) in [5.74, 6) is 0.241. The lowest BCUT2D eigenvalue weighted by Crippen LogP contribution is -2.11. The number of carbonyl (C=O) groups is 2. The van der Waals surface area contributed by atoms with Gasteiger partial charge in [0.1, 0.15) is 11.6 Å². The van der Waals surface area contributed by atoms with E-state index < -0.39 is 0 Å². The maximum Gasteiger partial charge on any atom is 0.135 e. The Balaban J connectivity index is 4.22. The number of hydrogen-bond donors (Lipinski definition) is 0. The van der Waals surface area contributed by atoms with Crippen LogP contribution in [0.3, 0.4) is 0 Å². The molecule has 1 atom stereocenters. The second kappa shape index (κ2) is 7.87. The summed E-state index contributed by atoms with van der Waals surface area (Å²) in [4.78, 5) is 30.4. The molecule has 0 spiro atoms. The average molecular weight is 238 g/mol. The summed E-state index contributed by atoms with van der Waals surface area (Å²) in [7, 11) is 0. The Kier molecular flexibility index (Phi) is 7.26. The van der Waals surface area contributed by atoms with Crippen LogP contribution >= 0.6 is 0 Å². The first kappa shape index (κ1) is 15.7. The zero-order valence-electron chi connectivity index (χ0n) is 11.4. The third-order valence-corrected chi connectivity index (χ3v) is 2.08. The molecule has 0 aromatic heterocycles. The van der Waals surface area contributed by atoms with E-state index in [9.17, 15) is 9.59 Å². The second-order valence-corrected chi connectivity index (χ2v) is 4.55. The van der Waals surface area contributed by atoms with Gasteiger partial charge in [0.25, 0.3) is 0 Å². The molecule has 0 amide bonds. The molecule has 0 aromatic carbocycles. The monoisotopic (exact) mass is 238 g/mol. The Morgan fingerprint density at radius 3 is 1.88 bits per heavy atom. The summed E-state index contributed by atoms with van der Waals surface area (Å²) in [5, 5.41) is 0. The summed E-state index contributed by atoms with van der Waals surface area (Å²) < 4.78 is 0. The van der Waals surface area contributed by atoms with Gasteiger partial charge in [-0.1, -0.05) is 0 Å². The van der Waals surface area contributed by atoms with Gasteiger partial charge in [-0.3, -0.25) is 19.6 Å². The van der Waals surface area contributed by atoms with Gasteiger partial charge in [-0.2, -0.15) is 0 Å². The van der Waals surface area contributed by atoms with Crippen molar-refractivity contribution in [2.45, 2.75) is 53.5 Å². The van der Waals surface area contributed by atoms with E-state index in [1.165, 1.54) is 0 Å². The maximum absolute atomic E-state index is 10.9. The minimum Gasteiger partial charge on any atom is -0.300 e. The zero-order valence-corrected chi connectivity index (χ0v) is 11.4. The number of ketones is 2. The standard InChI is InChI=1S/C13H22N2O2/c1-9(6-12(4)16)14-8-11(3)15-10(2)7-13(5)17/h11H,6-8H2,1-5H3. The van der Waals surface area contributed by atoms with Crippen LogP contribution < -0.4 is 0 Å². The van der Waals surface area contributed by atoms with Gasteiger partial charge in [0.2, 0.25) is 0 Å². The molecule has 0 saturated carbocycles. The summed E-state index contributed by atoms with van der Waals surface area (Å²) in [6.45, 7) is 9.32. The van der Waals surface area contributed by atoms with E-state index in [4.69, 9.17) is 0 Å². The molecule has 0 aromatic rings. The number of nitrogens with zero attached hydrogens (tertiary/aromatic N) is 2. The van der Waals surface area contributed by atoms with Crippen molar-refractivity contribution in [2.24, 2.45) is 9.98 Å². The van der Waals surface area contributed by atoms with Crippen molar-refractivity contribution in [1.29, 1.82) is 0 Å². The molecule has 0 aliphatic rings. The van der Waals surface area contributed by atoms with Gasteiger partial charge in [0.15, 0.2) is 0 Å². The molecule has 96 valence electrons. The maximum atomic E-state index is 10.9. The normalized spacial score (nSPS) is 14.6. The molecule has 1 unspecified atom stereocenters. The highest BCUT2D eigenvalue weighted by Gasteiger charge is 2.02. The minimum absolute atomic E-state index is 0.0521. The fourth-order valence-corrected chi connectivity index (χ4v) is 1.53. The first-order valence-electron chi connectivity index (χ1n) is 5.83. The zero-order chi connectivity index (χ0) is 13.4. The predicted molar refractivity (Wildman–Crippen MR) is 71.1 cm³/mol. The smallest absolute Gasteiger partial charge is 0.135 e. The van der Waals surface area contributed by atoms with Crippen molar-refractivity contribution in [3.63, 3.8) is 0 Å². The molecule has 0 rings (SSSR count). The lowest BCUT2D eigenvalue weighted by Gasteiger charge is -2.06. The largest absolute Gasteiger partial charge is 0.300 e. The number of aliphatic imine (C=N–C) groups is 2. The Hall–Kier alpha value is -1.32. The van der Waals surface area contributed by atoms with E-state index in [0.717, 1.165) is 11.4 Å². The Morgan fingerprint density at radius 2 is 1.41 bits per heavy atom. The summed E-state index contributed by atoms with van der Waals surface area (Å²) in [5.41, 5.74) is 1.67. The molecular formula is C13H22N2O2. The highest BCUT2D eigenvalue weighted by molar-refractivity contribution is 6.00. The van der Waals surface area contributed by atoms with Crippen LogP contribution in [0.4, 0.5) is 0 Å². The molecule has 4 nitrogen and oxygen atoms in total. The van der Waals surface area contributed by atoms with E-state index >= 15 is 0 Å². The van der Waals surface area contributed by atoms with Crippen molar-refractivity contribution in [1.82, 2.24) is 0 Å². The van der Waals surface area contributed by atoms with Gasteiger partial charge in [0, 0.05) is 24.3 Å². The molecule has 17 heavy (non-hydrogen) atoms. The van der Waals surface area contributed by atoms with Crippen LogP contribution in [0.1, 0.15) is 47.5 Å². The van der Waals surface area contributed by atoms with Crippen LogP contribution in [-0.4, -0.2) is 35.6 Å². The molecule has 0 aliphatic heterocycles. The summed E-state index contributed by atoms with van der Waals surface area (Å²) >= 11 is 0. The molecule has 0 saturated heterocycles. The Morgan fingerprint density at radius 1 is 0.941 bits per heavy atom.